The molecular formula is C12H17NO6S. The number of carbonyl (C=O) groups is 1. The Kier molecular flexibility index (Phi) is 5.93. The SMILES string of the molecule is COCCN(CC(=O)O)S(=O)(=O)c1cccc(OC)c1. The number of aliphatic carboxylic acids is 1. The zero-order chi connectivity index (χ0) is 15.2. The first-order valence-electron chi connectivity index (χ1n) is 5.76. The highest BCUT2D eigenvalue weighted by Crippen LogP contribution is 2.20. The average Bonchev–Trinajstić information content (AvgIpc) is 2.43. The van der Waals surface area contributed by atoms with Gasteiger partial charge in [-0.1, -0.05) is 6.07 Å². The second-order valence-corrected chi connectivity index (χ2v) is 5.84. The molecule has 0 spiro atoms. The molecule has 0 heterocycles. The standard InChI is InChI=1S/C12H17NO6S/c1-18-7-6-13(9-12(14)15)20(16,17)11-5-3-4-10(8-11)19-2/h3-5,8H,6-7,9H2,1-2H3,(H,14,15). The van der Waals surface area contributed by atoms with Crippen molar-refractivity contribution in [2.24, 2.45) is 0 Å². The molecule has 1 N–H and O–H groups in total. The molecule has 112 valence electrons. The highest BCUT2D eigenvalue weighted by atomic mass is 32.2. The van der Waals surface area contributed by atoms with Gasteiger partial charge >= 0.3 is 5.97 Å². The zero-order valence-electron chi connectivity index (χ0n) is 11.3. The molecule has 1 aromatic carbocycles. The first-order chi connectivity index (χ1) is 9.41. The summed E-state index contributed by atoms with van der Waals surface area (Å²) in [6, 6.07) is 5.87. The molecule has 0 amide bonds. The summed E-state index contributed by atoms with van der Waals surface area (Å²) in [6.07, 6.45) is 0. The number of rotatable bonds is 8. The molecule has 20 heavy (non-hydrogen) atoms. The number of carboxylic acid groups (broad SMARTS) is 1. The fourth-order valence-corrected chi connectivity index (χ4v) is 2.95. The summed E-state index contributed by atoms with van der Waals surface area (Å²) in [5.74, 6) is -0.847. The van der Waals surface area contributed by atoms with Crippen LogP contribution in [0.3, 0.4) is 0 Å². The van der Waals surface area contributed by atoms with E-state index in [1.54, 1.807) is 6.07 Å². The van der Waals surface area contributed by atoms with Gasteiger partial charge in [-0.2, -0.15) is 4.31 Å². The quantitative estimate of drug-likeness (QED) is 0.748. The topological polar surface area (TPSA) is 93.1 Å². The van der Waals surface area contributed by atoms with Crippen molar-refractivity contribution in [3.05, 3.63) is 24.3 Å². The Morgan fingerprint density at radius 1 is 1.35 bits per heavy atom. The minimum absolute atomic E-state index is 0.0193. The van der Waals surface area contributed by atoms with Crippen LogP contribution in [0.1, 0.15) is 0 Å². The van der Waals surface area contributed by atoms with Gasteiger partial charge in [0.15, 0.2) is 0 Å². The first kappa shape index (κ1) is 16.4. The summed E-state index contributed by atoms with van der Waals surface area (Å²) in [7, 11) is -1.07. The normalized spacial score (nSPS) is 11.6. The average molecular weight is 303 g/mol. The molecule has 8 heteroatoms. The molecule has 0 aliphatic rings. The fraction of sp³-hybridized carbons (Fsp3) is 0.417. The lowest BCUT2D eigenvalue weighted by atomic mass is 10.3. The van der Waals surface area contributed by atoms with E-state index in [4.69, 9.17) is 14.6 Å². The number of hydrogen-bond acceptors (Lipinski definition) is 5. The summed E-state index contributed by atoms with van der Waals surface area (Å²) in [6.45, 7) is -0.554. The highest BCUT2D eigenvalue weighted by Gasteiger charge is 2.26. The van der Waals surface area contributed by atoms with Crippen LogP contribution < -0.4 is 4.74 Å². The summed E-state index contributed by atoms with van der Waals surface area (Å²) in [5.41, 5.74) is 0. The van der Waals surface area contributed by atoms with E-state index in [1.807, 2.05) is 0 Å². The molecular weight excluding hydrogens is 286 g/mol. The van der Waals surface area contributed by atoms with Gasteiger partial charge in [-0.25, -0.2) is 8.42 Å². The number of benzene rings is 1. The van der Waals surface area contributed by atoms with Gasteiger partial charge in [0, 0.05) is 19.7 Å². The van der Waals surface area contributed by atoms with Crippen LogP contribution >= 0.6 is 0 Å². The van der Waals surface area contributed by atoms with Gasteiger partial charge in [0.05, 0.1) is 18.6 Å². The van der Waals surface area contributed by atoms with Crippen molar-refractivity contribution >= 4 is 16.0 Å². The van der Waals surface area contributed by atoms with Crippen LogP contribution in [0.4, 0.5) is 0 Å². The third kappa shape index (κ3) is 4.19. The van der Waals surface area contributed by atoms with Crippen LogP contribution in [-0.2, 0) is 19.6 Å². The molecule has 0 bridgehead atoms. The van der Waals surface area contributed by atoms with E-state index in [-0.39, 0.29) is 18.0 Å². The monoisotopic (exact) mass is 303 g/mol. The molecule has 0 unspecified atom stereocenters. The van der Waals surface area contributed by atoms with E-state index in [0.29, 0.717) is 5.75 Å². The van der Waals surface area contributed by atoms with Crippen molar-refractivity contribution in [3.63, 3.8) is 0 Å². The minimum atomic E-state index is -3.91. The van der Waals surface area contributed by atoms with Crippen molar-refractivity contribution in [1.82, 2.24) is 4.31 Å². The number of ether oxygens (including phenoxy) is 2. The van der Waals surface area contributed by atoms with Crippen molar-refractivity contribution in [2.45, 2.75) is 4.90 Å². The van der Waals surface area contributed by atoms with Gasteiger partial charge in [-0.15, -0.1) is 0 Å². The molecule has 0 aliphatic heterocycles. The zero-order valence-corrected chi connectivity index (χ0v) is 12.1. The van der Waals surface area contributed by atoms with Crippen molar-refractivity contribution < 1.29 is 27.8 Å². The van der Waals surface area contributed by atoms with Gasteiger partial charge < -0.3 is 14.6 Å². The van der Waals surface area contributed by atoms with Gasteiger partial charge in [0.1, 0.15) is 12.3 Å². The van der Waals surface area contributed by atoms with Gasteiger partial charge in [0.25, 0.3) is 0 Å². The Hall–Kier alpha value is -1.64. The second kappa shape index (κ2) is 7.22. The van der Waals surface area contributed by atoms with Crippen LogP contribution in [0.5, 0.6) is 5.75 Å². The predicted octanol–water partition coefficient (Wildman–Crippen LogP) is 0.417. The smallest absolute Gasteiger partial charge is 0.318 e. The lowest BCUT2D eigenvalue weighted by Gasteiger charge is -2.20. The summed E-state index contributed by atoms with van der Waals surface area (Å²) >= 11 is 0. The Bertz CT molecular complexity index is 557. The minimum Gasteiger partial charge on any atom is -0.497 e. The molecule has 7 nitrogen and oxygen atoms in total. The molecule has 0 saturated heterocycles. The van der Waals surface area contributed by atoms with Crippen LogP contribution in [-0.4, -0.2) is 57.7 Å². The van der Waals surface area contributed by atoms with E-state index in [2.05, 4.69) is 0 Å². The maximum atomic E-state index is 12.4. The van der Waals surface area contributed by atoms with Crippen molar-refractivity contribution in [2.75, 3.05) is 33.9 Å². The van der Waals surface area contributed by atoms with Gasteiger partial charge in [-0.05, 0) is 12.1 Å². The molecule has 0 radical (unpaired) electrons. The molecule has 0 fully saturated rings. The van der Waals surface area contributed by atoms with Crippen molar-refractivity contribution in [1.29, 1.82) is 0 Å². The lowest BCUT2D eigenvalue weighted by Crippen LogP contribution is -2.37. The fourth-order valence-electron chi connectivity index (χ4n) is 1.54. The Morgan fingerprint density at radius 3 is 2.60 bits per heavy atom. The van der Waals surface area contributed by atoms with Crippen molar-refractivity contribution in [3.8, 4) is 5.75 Å². The summed E-state index contributed by atoms with van der Waals surface area (Å²) in [5, 5.41) is 8.82. The molecule has 0 aliphatic carbocycles. The first-order valence-corrected chi connectivity index (χ1v) is 7.20. The number of sulfonamides is 1. The lowest BCUT2D eigenvalue weighted by molar-refractivity contribution is -0.137. The second-order valence-electron chi connectivity index (χ2n) is 3.90. The number of hydrogen-bond donors (Lipinski definition) is 1. The Balaban J connectivity index is 3.10. The third-order valence-electron chi connectivity index (χ3n) is 2.54. The molecule has 0 aromatic heterocycles. The summed E-state index contributed by atoms with van der Waals surface area (Å²) in [4.78, 5) is 10.8. The highest BCUT2D eigenvalue weighted by molar-refractivity contribution is 7.89. The van der Waals surface area contributed by atoms with Gasteiger partial charge in [-0.3, -0.25) is 4.79 Å². The molecule has 0 saturated carbocycles. The maximum Gasteiger partial charge on any atom is 0.318 e. The van der Waals surface area contributed by atoms with E-state index >= 15 is 0 Å². The maximum absolute atomic E-state index is 12.4. The van der Waals surface area contributed by atoms with Crippen LogP contribution in [0.15, 0.2) is 29.2 Å². The van der Waals surface area contributed by atoms with Crippen LogP contribution in [0.2, 0.25) is 0 Å². The summed E-state index contributed by atoms with van der Waals surface area (Å²) < 4.78 is 35.4. The number of nitrogens with zero attached hydrogens (tertiary/aromatic N) is 1. The molecule has 0 atom stereocenters. The predicted molar refractivity (Wildman–Crippen MR) is 71.3 cm³/mol. The number of carboxylic acids is 1. The Labute approximate surface area is 117 Å². The Morgan fingerprint density at radius 2 is 2.05 bits per heavy atom. The largest absolute Gasteiger partial charge is 0.497 e. The van der Waals surface area contributed by atoms with Crippen LogP contribution in [0, 0.1) is 0 Å². The van der Waals surface area contributed by atoms with E-state index in [0.717, 1.165) is 4.31 Å². The van der Waals surface area contributed by atoms with Gasteiger partial charge in [0.2, 0.25) is 10.0 Å². The van der Waals surface area contributed by atoms with E-state index in [1.165, 1.54) is 32.4 Å². The third-order valence-corrected chi connectivity index (χ3v) is 4.38. The molecule has 1 rings (SSSR count). The molecule has 1 aromatic rings. The van der Waals surface area contributed by atoms with E-state index in [9.17, 15) is 13.2 Å². The van der Waals surface area contributed by atoms with Crippen LogP contribution in [0.25, 0.3) is 0 Å². The van der Waals surface area contributed by atoms with E-state index < -0.39 is 22.5 Å². The number of methoxy groups -OCH3 is 2.